The molecule has 1 spiro atoms. The SMILES string of the molecule is CCN1CCC(CNC(=NC)N2CCCC3(CCCCCC3)C2)C1. The zero-order valence-electron chi connectivity index (χ0n) is 16.0. The second-order valence-electron chi connectivity index (χ2n) is 8.42. The van der Waals surface area contributed by atoms with Crippen LogP contribution in [0, 0.1) is 11.3 Å². The molecule has 138 valence electrons. The number of guanidine groups is 1. The number of hydrogen-bond acceptors (Lipinski definition) is 2. The Kier molecular flexibility index (Phi) is 6.43. The van der Waals surface area contributed by atoms with Crippen LogP contribution in [0.25, 0.3) is 0 Å². The lowest BCUT2D eigenvalue weighted by molar-refractivity contribution is 0.115. The van der Waals surface area contributed by atoms with E-state index in [1.807, 2.05) is 7.05 Å². The van der Waals surface area contributed by atoms with Crippen LogP contribution in [-0.2, 0) is 0 Å². The van der Waals surface area contributed by atoms with Gasteiger partial charge in [-0.3, -0.25) is 4.99 Å². The Balaban J connectivity index is 1.53. The predicted molar refractivity (Wildman–Crippen MR) is 103 cm³/mol. The van der Waals surface area contributed by atoms with Gasteiger partial charge in [0, 0.05) is 33.2 Å². The second kappa shape index (κ2) is 8.55. The van der Waals surface area contributed by atoms with Crippen molar-refractivity contribution in [1.82, 2.24) is 15.1 Å². The van der Waals surface area contributed by atoms with Gasteiger partial charge in [0.1, 0.15) is 0 Å². The summed E-state index contributed by atoms with van der Waals surface area (Å²) in [6, 6.07) is 0. The maximum absolute atomic E-state index is 4.63. The van der Waals surface area contributed by atoms with E-state index >= 15 is 0 Å². The number of nitrogens with zero attached hydrogens (tertiary/aromatic N) is 3. The van der Waals surface area contributed by atoms with E-state index in [0.717, 1.165) is 18.4 Å². The Morgan fingerprint density at radius 3 is 2.50 bits per heavy atom. The largest absolute Gasteiger partial charge is 0.356 e. The molecule has 0 radical (unpaired) electrons. The molecular formula is C20H38N4. The van der Waals surface area contributed by atoms with Crippen molar-refractivity contribution in [2.24, 2.45) is 16.3 Å². The van der Waals surface area contributed by atoms with Crippen LogP contribution in [0.5, 0.6) is 0 Å². The van der Waals surface area contributed by atoms with E-state index in [-0.39, 0.29) is 0 Å². The summed E-state index contributed by atoms with van der Waals surface area (Å²) in [7, 11) is 1.96. The van der Waals surface area contributed by atoms with Gasteiger partial charge in [0.2, 0.25) is 0 Å². The van der Waals surface area contributed by atoms with Crippen LogP contribution < -0.4 is 5.32 Å². The minimum atomic E-state index is 0.582. The van der Waals surface area contributed by atoms with Crippen molar-refractivity contribution < 1.29 is 0 Å². The van der Waals surface area contributed by atoms with Gasteiger partial charge in [0.15, 0.2) is 5.96 Å². The van der Waals surface area contributed by atoms with Gasteiger partial charge in [0.05, 0.1) is 0 Å². The summed E-state index contributed by atoms with van der Waals surface area (Å²) in [6.45, 7) is 9.51. The van der Waals surface area contributed by atoms with Crippen LogP contribution in [0.3, 0.4) is 0 Å². The molecule has 3 fully saturated rings. The minimum Gasteiger partial charge on any atom is -0.356 e. The highest BCUT2D eigenvalue weighted by atomic mass is 15.3. The van der Waals surface area contributed by atoms with Crippen molar-refractivity contribution in [3.63, 3.8) is 0 Å². The first-order valence-electron chi connectivity index (χ1n) is 10.4. The summed E-state index contributed by atoms with van der Waals surface area (Å²) in [5.74, 6) is 1.95. The molecule has 2 heterocycles. The van der Waals surface area contributed by atoms with Crippen molar-refractivity contribution in [3.8, 4) is 0 Å². The predicted octanol–water partition coefficient (Wildman–Crippen LogP) is 3.34. The first-order valence-corrected chi connectivity index (χ1v) is 10.4. The van der Waals surface area contributed by atoms with E-state index in [9.17, 15) is 0 Å². The molecule has 4 heteroatoms. The normalized spacial score (nSPS) is 29.0. The molecule has 24 heavy (non-hydrogen) atoms. The molecule has 2 aliphatic heterocycles. The highest BCUT2D eigenvalue weighted by molar-refractivity contribution is 5.80. The van der Waals surface area contributed by atoms with E-state index in [4.69, 9.17) is 0 Å². The molecule has 0 aromatic carbocycles. The smallest absolute Gasteiger partial charge is 0.193 e. The zero-order valence-corrected chi connectivity index (χ0v) is 16.0. The van der Waals surface area contributed by atoms with E-state index in [2.05, 4.69) is 27.0 Å². The van der Waals surface area contributed by atoms with Crippen molar-refractivity contribution in [3.05, 3.63) is 0 Å². The number of aliphatic imine (C=N–C) groups is 1. The van der Waals surface area contributed by atoms with Crippen molar-refractivity contribution in [2.75, 3.05) is 46.3 Å². The van der Waals surface area contributed by atoms with Crippen molar-refractivity contribution in [1.29, 1.82) is 0 Å². The molecule has 1 unspecified atom stereocenters. The first kappa shape index (κ1) is 18.0. The topological polar surface area (TPSA) is 30.9 Å². The van der Waals surface area contributed by atoms with Gasteiger partial charge in [0.25, 0.3) is 0 Å². The molecule has 0 aromatic heterocycles. The lowest BCUT2D eigenvalue weighted by Crippen LogP contribution is -2.51. The fourth-order valence-corrected chi connectivity index (χ4v) is 5.21. The summed E-state index contributed by atoms with van der Waals surface area (Å²) >= 11 is 0. The Bertz CT molecular complexity index is 412. The summed E-state index contributed by atoms with van der Waals surface area (Å²) < 4.78 is 0. The Morgan fingerprint density at radius 2 is 1.83 bits per heavy atom. The van der Waals surface area contributed by atoms with Crippen LogP contribution in [0.15, 0.2) is 4.99 Å². The lowest BCUT2D eigenvalue weighted by Gasteiger charge is -2.44. The molecular weight excluding hydrogens is 296 g/mol. The van der Waals surface area contributed by atoms with Gasteiger partial charge in [-0.1, -0.05) is 32.6 Å². The molecule has 0 aromatic rings. The number of rotatable bonds is 3. The van der Waals surface area contributed by atoms with Crippen molar-refractivity contribution in [2.45, 2.75) is 64.7 Å². The van der Waals surface area contributed by atoms with Gasteiger partial charge in [-0.05, 0) is 56.5 Å². The third-order valence-electron chi connectivity index (χ3n) is 6.70. The van der Waals surface area contributed by atoms with E-state index in [1.165, 1.54) is 90.5 Å². The van der Waals surface area contributed by atoms with Gasteiger partial charge in [-0.2, -0.15) is 0 Å². The Labute approximate surface area is 149 Å². The van der Waals surface area contributed by atoms with Gasteiger partial charge < -0.3 is 15.1 Å². The highest BCUT2D eigenvalue weighted by Gasteiger charge is 2.36. The second-order valence-corrected chi connectivity index (χ2v) is 8.42. The number of nitrogens with one attached hydrogen (secondary N) is 1. The third kappa shape index (κ3) is 4.44. The average molecular weight is 335 g/mol. The quantitative estimate of drug-likeness (QED) is 0.634. The molecule has 1 N–H and O–H groups in total. The molecule has 0 amide bonds. The van der Waals surface area contributed by atoms with Crippen LogP contribution in [0.2, 0.25) is 0 Å². The molecule has 1 aliphatic carbocycles. The Hall–Kier alpha value is -0.770. The lowest BCUT2D eigenvalue weighted by atomic mass is 9.74. The van der Waals surface area contributed by atoms with Crippen LogP contribution in [-0.4, -0.2) is 62.1 Å². The first-order chi connectivity index (χ1) is 11.7. The van der Waals surface area contributed by atoms with Gasteiger partial charge >= 0.3 is 0 Å². The zero-order chi connectivity index (χ0) is 16.8. The van der Waals surface area contributed by atoms with Gasteiger partial charge in [-0.25, -0.2) is 0 Å². The number of hydrogen-bond donors (Lipinski definition) is 1. The van der Waals surface area contributed by atoms with E-state index < -0.39 is 0 Å². The maximum atomic E-state index is 4.63. The fraction of sp³-hybridized carbons (Fsp3) is 0.950. The van der Waals surface area contributed by atoms with Gasteiger partial charge in [-0.15, -0.1) is 0 Å². The molecule has 1 atom stereocenters. The van der Waals surface area contributed by atoms with Crippen molar-refractivity contribution >= 4 is 5.96 Å². The molecule has 0 bridgehead atoms. The van der Waals surface area contributed by atoms with Crippen LogP contribution in [0.4, 0.5) is 0 Å². The maximum Gasteiger partial charge on any atom is 0.193 e. The monoisotopic (exact) mass is 334 g/mol. The van der Waals surface area contributed by atoms with E-state index in [0.29, 0.717) is 5.41 Å². The average Bonchev–Trinajstić information content (AvgIpc) is 2.96. The molecule has 3 aliphatic rings. The molecule has 4 nitrogen and oxygen atoms in total. The highest BCUT2D eigenvalue weighted by Crippen LogP contribution is 2.42. The number of piperidine rings is 1. The van der Waals surface area contributed by atoms with Crippen LogP contribution in [0.1, 0.15) is 64.7 Å². The Morgan fingerprint density at radius 1 is 1.08 bits per heavy atom. The summed E-state index contributed by atoms with van der Waals surface area (Å²) in [5.41, 5.74) is 0.582. The number of likely N-dealkylation sites (tertiary alicyclic amines) is 2. The molecule has 2 saturated heterocycles. The molecule has 1 saturated carbocycles. The third-order valence-corrected chi connectivity index (χ3v) is 6.70. The summed E-state index contributed by atoms with van der Waals surface area (Å²) in [5, 5.41) is 3.71. The minimum absolute atomic E-state index is 0.582. The summed E-state index contributed by atoms with van der Waals surface area (Å²) in [4.78, 5) is 9.77. The van der Waals surface area contributed by atoms with Crippen LogP contribution >= 0.6 is 0 Å². The fourth-order valence-electron chi connectivity index (χ4n) is 5.21. The molecule has 3 rings (SSSR count). The standard InChI is InChI=1S/C20H38N4/c1-3-23-14-9-18(16-23)15-22-19(21-2)24-13-8-12-20(17-24)10-6-4-5-7-11-20/h18H,3-17H2,1-2H3,(H,21,22). The van der Waals surface area contributed by atoms with E-state index in [1.54, 1.807) is 0 Å². The summed E-state index contributed by atoms with van der Waals surface area (Å²) in [6.07, 6.45) is 12.8.